The molecule has 4 nitrogen and oxygen atoms in total. The zero-order valence-electron chi connectivity index (χ0n) is 14.7. The normalized spacial score (nSPS) is 16.1. The Kier molecular flexibility index (Phi) is 4.44. The lowest BCUT2D eigenvalue weighted by molar-refractivity contribution is -0.682. The third-order valence-electron chi connectivity index (χ3n) is 4.95. The van der Waals surface area contributed by atoms with Gasteiger partial charge in [0.1, 0.15) is 11.1 Å². The van der Waals surface area contributed by atoms with Gasteiger partial charge in [0.15, 0.2) is 12.4 Å². The van der Waals surface area contributed by atoms with E-state index in [2.05, 4.69) is 24.4 Å². The minimum atomic E-state index is -0.103. The average Bonchev–Trinajstić information content (AvgIpc) is 2.97. The monoisotopic (exact) mass is 362 g/mol. The first-order chi connectivity index (χ1) is 12.6. The highest BCUT2D eigenvalue weighted by Gasteiger charge is 2.25. The molecule has 4 rings (SSSR count). The van der Waals surface area contributed by atoms with E-state index >= 15 is 0 Å². The van der Waals surface area contributed by atoms with Crippen LogP contribution in [0.25, 0.3) is 10.8 Å². The Balaban J connectivity index is 1.53. The number of nitrogens with zero attached hydrogens (tertiary/aromatic N) is 2. The Bertz CT molecular complexity index is 1030. The van der Waals surface area contributed by atoms with E-state index in [4.69, 9.17) is 0 Å². The predicted octanol–water partition coefficient (Wildman–Crippen LogP) is 3.82. The van der Waals surface area contributed by atoms with Crippen molar-refractivity contribution in [3.63, 3.8) is 0 Å². The molecule has 0 fully saturated rings. The molecule has 1 atom stereocenters. The smallest absolute Gasteiger partial charge is 0.290 e. The summed E-state index contributed by atoms with van der Waals surface area (Å²) in [6.07, 6.45) is 6.93. The fourth-order valence-electron chi connectivity index (χ4n) is 3.57. The quantitative estimate of drug-likeness (QED) is 0.720. The number of rotatable bonds is 3. The Hall–Kier alpha value is -2.71. The van der Waals surface area contributed by atoms with Crippen molar-refractivity contribution in [3.8, 4) is 6.07 Å². The Labute approximate surface area is 156 Å². The summed E-state index contributed by atoms with van der Waals surface area (Å²) in [7, 11) is 0. The van der Waals surface area contributed by atoms with Gasteiger partial charge in [-0.15, -0.1) is 11.3 Å². The van der Waals surface area contributed by atoms with Gasteiger partial charge in [-0.05, 0) is 42.2 Å². The lowest BCUT2D eigenvalue weighted by atomic mass is 9.89. The number of benzene rings is 1. The summed E-state index contributed by atoms with van der Waals surface area (Å²) in [5.41, 5.74) is 1.80. The van der Waals surface area contributed by atoms with Crippen molar-refractivity contribution in [3.05, 3.63) is 58.7 Å². The number of amides is 1. The second-order valence-corrected chi connectivity index (χ2v) is 8.07. The summed E-state index contributed by atoms with van der Waals surface area (Å²) in [4.78, 5) is 13.8. The van der Waals surface area contributed by atoms with Crippen LogP contribution >= 0.6 is 11.3 Å². The van der Waals surface area contributed by atoms with Crippen molar-refractivity contribution >= 4 is 33.0 Å². The standard InChI is InChI=1S/C21H19N3OS/c1-14-6-7-17-18(11-22)21(26-19(17)10-14)23-20(25)13-24-9-8-15-4-2-3-5-16(15)12-24/h2-5,8-9,12,14H,6-7,10,13H2,1H3/p+1/t14-/m1/s1. The molecule has 1 aliphatic rings. The fraction of sp³-hybridized carbons (Fsp3) is 0.286. The van der Waals surface area contributed by atoms with Gasteiger partial charge in [-0.2, -0.15) is 9.83 Å². The highest BCUT2D eigenvalue weighted by atomic mass is 32.1. The number of anilines is 1. The minimum absolute atomic E-state index is 0.103. The zero-order chi connectivity index (χ0) is 18.1. The highest BCUT2D eigenvalue weighted by molar-refractivity contribution is 7.16. The van der Waals surface area contributed by atoms with Crippen LogP contribution in [-0.4, -0.2) is 5.91 Å². The average molecular weight is 362 g/mol. The topological polar surface area (TPSA) is 56.8 Å². The van der Waals surface area contributed by atoms with E-state index < -0.39 is 0 Å². The van der Waals surface area contributed by atoms with Crippen molar-refractivity contribution in [1.29, 1.82) is 5.26 Å². The summed E-state index contributed by atoms with van der Waals surface area (Å²) in [5, 5.41) is 15.5. The van der Waals surface area contributed by atoms with Crippen LogP contribution in [0.5, 0.6) is 0 Å². The van der Waals surface area contributed by atoms with E-state index in [-0.39, 0.29) is 12.5 Å². The number of thiophene rings is 1. The molecule has 0 unspecified atom stereocenters. The zero-order valence-corrected chi connectivity index (χ0v) is 15.5. The van der Waals surface area contributed by atoms with Gasteiger partial charge < -0.3 is 5.32 Å². The molecule has 130 valence electrons. The molecular weight excluding hydrogens is 342 g/mol. The van der Waals surface area contributed by atoms with E-state index in [1.807, 2.05) is 41.2 Å². The molecule has 3 aromatic rings. The van der Waals surface area contributed by atoms with Crippen LogP contribution in [0.2, 0.25) is 0 Å². The first-order valence-corrected chi connectivity index (χ1v) is 9.68. The van der Waals surface area contributed by atoms with Gasteiger partial charge in [0, 0.05) is 16.3 Å². The number of nitriles is 1. The van der Waals surface area contributed by atoms with Gasteiger partial charge in [0.2, 0.25) is 6.54 Å². The molecule has 5 heteroatoms. The van der Waals surface area contributed by atoms with Gasteiger partial charge in [-0.1, -0.05) is 25.1 Å². The summed E-state index contributed by atoms with van der Waals surface area (Å²) in [6, 6.07) is 12.4. The summed E-state index contributed by atoms with van der Waals surface area (Å²) >= 11 is 1.57. The number of carbonyl (C=O) groups is 1. The maximum atomic E-state index is 12.5. The lowest BCUT2D eigenvalue weighted by Crippen LogP contribution is -2.39. The first-order valence-electron chi connectivity index (χ1n) is 8.86. The second-order valence-electron chi connectivity index (χ2n) is 6.96. The van der Waals surface area contributed by atoms with Crippen LogP contribution in [-0.2, 0) is 24.2 Å². The maximum Gasteiger partial charge on any atom is 0.290 e. The van der Waals surface area contributed by atoms with Crippen LogP contribution in [0, 0.1) is 17.2 Å². The third-order valence-corrected chi connectivity index (χ3v) is 6.12. The largest absolute Gasteiger partial charge is 0.311 e. The molecule has 0 spiro atoms. The summed E-state index contributed by atoms with van der Waals surface area (Å²) in [5.74, 6) is 0.540. The number of hydrogen-bond acceptors (Lipinski definition) is 3. The number of hydrogen-bond donors (Lipinski definition) is 1. The van der Waals surface area contributed by atoms with Crippen LogP contribution in [0.15, 0.2) is 42.7 Å². The Morgan fingerprint density at radius 3 is 2.96 bits per heavy atom. The van der Waals surface area contributed by atoms with Crippen molar-refractivity contribution < 1.29 is 9.36 Å². The van der Waals surface area contributed by atoms with Gasteiger partial charge in [-0.3, -0.25) is 4.79 Å². The highest BCUT2D eigenvalue weighted by Crippen LogP contribution is 2.39. The Morgan fingerprint density at radius 2 is 2.15 bits per heavy atom. The maximum absolute atomic E-state index is 12.5. The second kappa shape index (κ2) is 6.89. The molecule has 1 N–H and O–H groups in total. The third kappa shape index (κ3) is 3.21. The van der Waals surface area contributed by atoms with Crippen molar-refractivity contribution in [2.75, 3.05) is 5.32 Å². The fourth-order valence-corrected chi connectivity index (χ4v) is 4.94. The SMILES string of the molecule is C[C@@H]1CCc2c(sc(NC(=O)C[n+]3ccc4ccccc4c3)c2C#N)C1. The number of nitrogens with one attached hydrogen (secondary N) is 1. The van der Waals surface area contributed by atoms with E-state index in [9.17, 15) is 10.1 Å². The molecule has 0 aliphatic heterocycles. The molecule has 0 saturated carbocycles. The molecule has 2 heterocycles. The van der Waals surface area contributed by atoms with Gasteiger partial charge in [-0.25, -0.2) is 0 Å². The number of fused-ring (bicyclic) bond motifs is 2. The molecule has 1 aliphatic carbocycles. The molecular formula is C21H20N3OS+. The summed E-state index contributed by atoms with van der Waals surface area (Å²) in [6.45, 7) is 2.47. The molecule has 0 bridgehead atoms. The van der Waals surface area contributed by atoms with Crippen molar-refractivity contribution in [2.45, 2.75) is 32.7 Å². The lowest BCUT2D eigenvalue weighted by Gasteiger charge is -2.17. The van der Waals surface area contributed by atoms with Crippen molar-refractivity contribution in [2.24, 2.45) is 5.92 Å². The van der Waals surface area contributed by atoms with Crippen LogP contribution < -0.4 is 9.88 Å². The molecule has 1 amide bonds. The van der Waals surface area contributed by atoms with E-state index in [0.29, 0.717) is 16.5 Å². The minimum Gasteiger partial charge on any atom is -0.311 e. The van der Waals surface area contributed by atoms with E-state index in [1.54, 1.807) is 11.3 Å². The van der Waals surface area contributed by atoms with Crippen LogP contribution in [0.4, 0.5) is 5.00 Å². The number of carbonyl (C=O) groups excluding carboxylic acids is 1. The van der Waals surface area contributed by atoms with Gasteiger partial charge in [0.25, 0.3) is 5.91 Å². The predicted molar refractivity (Wildman–Crippen MR) is 103 cm³/mol. The molecule has 0 saturated heterocycles. The van der Waals surface area contributed by atoms with E-state index in [1.165, 1.54) is 4.88 Å². The molecule has 0 radical (unpaired) electrons. The molecule has 1 aromatic carbocycles. The summed E-state index contributed by atoms with van der Waals surface area (Å²) < 4.78 is 1.87. The number of pyridine rings is 1. The number of aromatic nitrogens is 1. The molecule has 26 heavy (non-hydrogen) atoms. The first kappa shape index (κ1) is 16.7. The van der Waals surface area contributed by atoms with Crippen LogP contribution in [0.1, 0.15) is 29.3 Å². The Morgan fingerprint density at radius 1 is 1.35 bits per heavy atom. The van der Waals surface area contributed by atoms with Crippen LogP contribution in [0.3, 0.4) is 0 Å². The van der Waals surface area contributed by atoms with Crippen molar-refractivity contribution in [1.82, 2.24) is 0 Å². The van der Waals surface area contributed by atoms with E-state index in [0.717, 1.165) is 35.6 Å². The van der Waals surface area contributed by atoms with Gasteiger partial charge >= 0.3 is 0 Å². The van der Waals surface area contributed by atoms with Gasteiger partial charge in [0.05, 0.1) is 5.56 Å². The molecule has 2 aromatic heterocycles.